The van der Waals surface area contributed by atoms with Crippen LogP contribution in [0, 0.1) is 0 Å². The number of rotatable bonds is 3. The minimum Gasteiger partial charge on any atom is -0.387 e. The Morgan fingerprint density at radius 1 is 1.29 bits per heavy atom. The van der Waals surface area contributed by atoms with Gasteiger partial charge in [-0.05, 0) is 29.2 Å². The van der Waals surface area contributed by atoms with Crippen LogP contribution in [0.1, 0.15) is 29.2 Å². The second-order valence-electron chi connectivity index (χ2n) is 5.35. The summed E-state index contributed by atoms with van der Waals surface area (Å²) < 4.78 is 0. The molecule has 1 aromatic carbocycles. The first kappa shape index (κ1) is 13.8. The van der Waals surface area contributed by atoms with Crippen molar-refractivity contribution in [2.24, 2.45) is 0 Å². The molecule has 3 rings (SSSR count). The van der Waals surface area contributed by atoms with Gasteiger partial charge in [0.15, 0.2) is 0 Å². The van der Waals surface area contributed by atoms with Crippen LogP contribution >= 0.6 is 0 Å². The van der Waals surface area contributed by atoms with Crippen molar-refractivity contribution in [2.75, 3.05) is 6.54 Å². The van der Waals surface area contributed by atoms with Gasteiger partial charge in [-0.3, -0.25) is 9.78 Å². The van der Waals surface area contributed by atoms with Crippen LogP contribution < -0.4 is 0 Å². The molecule has 0 saturated heterocycles. The fourth-order valence-corrected chi connectivity index (χ4v) is 2.73. The topological polar surface area (TPSA) is 53.4 Å². The van der Waals surface area contributed by atoms with Crippen molar-refractivity contribution in [3.8, 4) is 0 Å². The zero-order valence-electron chi connectivity index (χ0n) is 11.8. The number of aromatic nitrogens is 1. The first-order valence-electron chi connectivity index (χ1n) is 7.16. The van der Waals surface area contributed by atoms with E-state index in [4.69, 9.17) is 0 Å². The SMILES string of the molecule is O=C(CCc1cccnc1)N1Cc2ccccc2C(O)C1. The van der Waals surface area contributed by atoms with Gasteiger partial charge >= 0.3 is 0 Å². The molecule has 0 aliphatic carbocycles. The first-order valence-corrected chi connectivity index (χ1v) is 7.16. The fourth-order valence-electron chi connectivity index (χ4n) is 2.73. The lowest BCUT2D eigenvalue weighted by atomic mass is 9.97. The number of carbonyl (C=O) groups is 1. The zero-order valence-corrected chi connectivity index (χ0v) is 11.8. The van der Waals surface area contributed by atoms with Crippen LogP contribution in [0.2, 0.25) is 0 Å². The molecule has 108 valence electrons. The monoisotopic (exact) mass is 282 g/mol. The van der Waals surface area contributed by atoms with Gasteiger partial charge in [-0.2, -0.15) is 0 Å². The maximum atomic E-state index is 12.3. The van der Waals surface area contributed by atoms with E-state index >= 15 is 0 Å². The first-order chi connectivity index (χ1) is 10.2. The van der Waals surface area contributed by atoms with Crippen molar-refractivity contribution in [3.63, 3.8) is 0 Å². The molecule has 0 saturated carbocycles. The van der Waals surface area contributed by atoms with E-state index in [-0.39, 0.29) is 5.91 Å². The lowest BCUT2D eigenvalue weighted by Crippen LogP contribution is -2.38. The van der Waals surface area contributed by atoms with Gasteiger partial charge in [0.2, 0.25) is 5.91 Å². The average Bonchev–Trinajstić information content (AvgIpc) is 2.53. The van der Waals surface area contributed by atoms with E-state index in [1.807, 2.05) is 36.4 Å². The quantitative estimate of drug-likeness (QED) is 0.938. The summed E-state index contributed by atoms with van der Waals surface area (Å²) in [6, 6.07) is 11.6. The summed E-state index contributed by atoms with van der Waals surface area (Å²) in [5.41, 5.74) is 3.03. The second-order valence-corrected chi connectivity index (χ2v) is 5.35. The number of hydrogen-bond acceptors (Lipinski definition) is 3. The zero-order chi connectivity index (χ0) is 14.7. The Bertz CT molecular complexity index is 628. The van der Waals surface area contributed by atoms with E-state index in [0.717, 1.165) is 16.7 Å². The van der Waals surface area contributed by atoms with Crippen molar-refractivity contribution < 1.29 is 9.90 Å². The van der Waals surface area contributed by atoms with Gasteiger partial charge < -0.3 is 10.0 Å². The third-order valence-corrected chi connectivity index (χ3v) is 3.87. The molecule has 0 spiro atoms. The number of aliphatic hydroxyl groups excluding tert-OH is 1. The molecule has 1 amide bonds. The van der Waals surface area contributed by atoms with Crippen molar-refractivity contribution >= 4 is 5.91 Å². The molecule has 1 N–H and O–H groups in total. The van der Waals surface area contributed by atoms with Crippen molar-refractivity contribution in [1.82, 2.24) is 9.88 Å². The molecule has 0 fully saturated rings. The number of hydrogen-bond donors (Lipinski definition) is 1. The van der Waals surface area contributed by atoms with Gasteiger partial charge in [-0.15, -0.1) is 0 Å². The number of aryl methyl sites for hydroxylation is 1. The minimum absolute atomic E-state index is 0.0763. The molecule has 4 heteroatoms. The molecule has 1 aromatic heterocycles. The van der Waals surface area contributed by atoms with E-state index in [1.54, 1.807) is 17.3 Å². The average molecular weight is 282 g/mol. The van der Waals surface area contributed by atoms with Crippen molar-refractivity contribution in [1.29, 1.82) is 0 Å². The van der Waals surface area contributed by atoms with Crippen LogP contribution in [0.25, 0.3) is 0 Å². The van der Waals surface area contributed by atoms with Gasteiger partial charge in [-0.25, -0.2) is 0 Å². The number of nitrogens with zero attached hydrogens (tertiary/aromatic N) is 2. The molecular formula is C17H18N2O2. The highest BCUT2D eigenvalue weighted by Crippen LogP contribution is 2.26. The molecule has 4 nitrogen and oxygen atoms in total. The normalized spacial score (nSPS) is 17.4. The number of benzene rings is 1. The Balaban J connectivity index is 1.64. The summed E-state index contributed by atoms with van der Waals surface area (Å²) in [7, 11) is 0. The highest BCUT2D eigenvalue weighted by molar-refractivity contribution is 5.76. The highest BCUT2D eigenvalue weighted by atomic mass is 16.3. The molecule has 0 bridgehead atoms. The van der Waals surface area contributed by atoms with Crippen molar-refractivity contribution in [3.05, 3.63) is 65.5 Å². The van der Waals surface area contributed by atoms with E-state index in [0.29, 0.717) is 25.9 Å². The van der Waals surface area contributed by atoms with Gasteiger partial charge in [0.25, 0.3) is 0 Å². The summed E-state index contributed by atoms with van der Waals surface area (Å²) in [5.74, 6) is 0.0763. The number of fused-ring (bicyclic) bond motifs is 1. The Morgan fingerprint density at radius 2 is 2.14 bits per heavy atom. The summed E-state index contributed by atoms with van der Waals surface area (Å²) in [5, 5.41) is 10.2. The van der Waals surface area contributed by atoms with Crippen LogP contribution in [-0.2, 0) is 17.8 Å². The maximum absolute atomic E-state index is 12.3. The van der Waals surface area contributed by atoms with Crippen LogP contribution in [0.5, 0.6) is 0 Å². The summed E-state index contributed by atoms with van der Waals surface area (Å²) in [6.45, 7) is 0.960. The second kappa shape index (κ2) is 6.06. The molecule has 0 radical (unpaired) electrons. The Labute approximate surface area is 124 Å². The van der Waals surface area contributed by atoms with Crippen LogP contribution in [-0.4, -0.2) is 27.4 Å². The lowest BCUT2D eigenvalue weighted by Gasteiger charge is -2.32. The van der Waals surface area contributed by atoms with Crippen LogP contribution in [0.15, 0.2) is 48.8 Å². The Hall–Kier alpha value is -2.20. The molecule has 1 unspecified atom stereocenters. The van der Waals surface area contributed by atoms with Gasteiger partial charge in [-0.1, -0.05) is 30.3 Å². The van der Waals surface area contributed by atoms with Crippen LogP contribution in [0.3, 0.4) is 0 Å². The van der Waals surface area contributed by atoms with Crippen molar-refractivity contribution in [2.45, 2.75) is 25.5 Å². The number of aliphatic hydroxyl groups is 1. The van der Waals surface area contributed by atoms with E-state index in [2.05, 4.69) is 4.98 Å². The van der Waals surface area contributed by atoms with Gasteiger partial charge in [0.1, 0.15) is 0 Å². The number of β-amino-alcohol motifs (C(OH)–C–C–N with tert-alkyl or cyclic N) is 1. The molecule has 2 aromatic rings. The largest absolute Gasteiger partial charge is 0.387 e. The van der Waals surface area contributed by atoms with Gasteiger partial charge in [0.05, 0.1) is 12.6 Å². The fraction of sp³-hybridized carbons (Fsp3) is 0.294. The molecular weight excluding hydrogens is 264 g/mol. The lowest BCUT2D eigenvalue weighted by molar-refractivity contribution is -0.134. The number of amides is 1. The number of carbonyl (C=O) groups excluding carboxylic acids is 1. The summed E-state index contributed by atoms with van der Waals surface area (Å²) >= 11 is 0. The third-order valence-electron chi connectivity index (χ3n) is 3.87. The highest BCUT2D eigenvalue weighted by Gasteiger charge is 2.26. The summed E-state index contributed by atoms with van der Waals surface area (Å²) in [6.07, 6.45) is 4.05. The van der Waals surface area contributed by atoms with E-state index in [1.165, 1.54) is 0 Å². The number of pyridine rings is 1. The molecule has 1 aliphatic rings. The Kier molecular flexibility index (Phi) is 3.97. The summed E-state index contributed by atoms with van der Waals surface area (Å²) in [4.78, 5) is 18.1. The van der Waals surface area contributed by atoms with E-state index in [9.17, 15) is 9.90 Å². The van der Waals surface area contributed by atoms with E-state index < -0.39 is 6.10 Å². The molecule has 2 heterocycles. The smallest absolute Gasteiger partial charge is 0.223 e. The molecule has 1 atom stereocenters. The maximum Gasteiger partial charge on any atom is 0.223 e. The van der Waals surface area contributed by atoms with Crippen LogP contribution in [0.4, 0.5) is 0 Å². The minimum atomic E-state index is -0.586. The Morgan fingerprint density at radius 3 is 2.95 bits per heavy atom. The molecule has 1 aliphatic heterocycles. The van der Waals surface area contributed by atoms with Gasteiger partial charge in [0, 0.05) is 25.4 Å². The predicted molar refractivity (Wildman–Crippen MR) is 79.4 cm³/mol. The third kappa shape index (κ3) is 3.11. The standard InChI is InChI=1S/C17H18N2O2/c20-16-12-19(11-14-5-1-2-6-15(14)16)17(21)8-7-13-4-3-9-18-10-13/h1-6,9-10,16,20H,7-8,11-12H2. The predicted octanol–water partition coefficient (Wildman–Crippen LogP) is 2.09. The molecule has 21 heavy (non-hydrogen) atoms.